The number of ether oxygens (including phenoxy) is 3. The van der Waals surface area contributed by atoms with Crippen molar-refractivity contribution in [1.29, 1.82) is 0 Å². The third-order valence-corrected chi connectivity index (χ3v) is 2.72. The van der Waals surface area contributed by atoms with Crippen LogP contribution in [0.3, 0.4) is 0 Å². The Morgan fingerprint density at radius 2 is 1.71 bits per heavy atom. The van der Waals surface area contributed by atoms with Crippen molar-refractivity contribution in [2.45, 2.75) is 33.6 Å². The van der Waals surface area contributed by atoms with Crippen molar-refractivity contribution in [1.82, 2.24) is 0 Å². The van der Waals surface area contributed by atoms with Gasteiger partial charge in [0, 0.05) is 0 Å². The molecule has 4 nitrogen and oxygen atoms in total. The number of rotatable bonds is 9. The third kappa shape index (κ3) is 6.34. The second-order valence-corrected chi connectivity index (χ2v) is 4.43. The first kappa shape index (κ1) is 17.1. The number of hydrogen-bond acceptors (Lipinski definition) is 4. The topological polar surface area (TPSA) is 44.8 Å². The lowest BCUT2D eigenvalue weighted by atomic mass is 10.2. The number of benzene rings is 1. The van der Waals surface area contributed by atoms with E-state index in [4.69, 9.17) is 14.2 Å². The van der Waals surface area contributed by atoms with E-state index in [2.05, 4.69) is 6.92 Å². The molecule has 1 aromatic carbocycles. The van der Waals surface area contributed by atoms with E-state index in [0.29, 0.717) is 13.2 Å². The van der Waals surface area contributed by atoms with Gasteiger partial charge in [-0.25, -0.2) is 4.79 Å². The molecule has 21 heavy (non-hydrogen) atoms. The molecule has 0 aliphatic heterocycles. The van der Waals surface area contributed by atoms with Gasteiger partial charge in [-0.05, 0) is 44.0 Å². The molecule has 0 radical (unpaired) electrons. The normalized spacial score (nSPS) is 11.1. The van der Waals surface area contributed by atoms with Gasteiger partial charge < -0.3 is 14.2 Å². The third-order valence-electron chi connectivity index (χ3n) is 2.72. The van der Waals surface area contributed by atoms with Crippen LogP contribution >= 0.6 is 0 Å². The predicted molar refractivity (Wildman–Crippen MR) is 83.1 cm³/mol. The fraction of sp³-hybridized carbons (Fsp3) is 0.471. The van der Waals surface area contributed by atoms with Crippen molar-refractivity contribution in [3.63, 3.8) is 0 Å². The van der Waals surface area contributed by atoms with Crippen LogP contribution in [0.15, 0.2) is 30.0 Å². The van der Waals surface area contributed by atoms with Crippen molar-refractivity contribution in [3.05, 3.63) is 35.6 Å². The first-order chi connectivity index (χ1) is 10.2. The van der Waals surface area contributed by atoms with Gasteiger partial charge in [-0.2, -0.15) is 0 Å². The van der Waals surface area contributed by atoms with Crippen molar-refractivity contribution >= 4 is 12.0 Å². The van der Waals surface area contributed by atoms with E-state index in [1.165, 1.54) is 0 Å². The van der Waals surface area contributed by atoms with E-state index in [-0.39, 0.29) is 5.76 Å². The van der Waals surface area contributed by atoms with E-state index in [1.807, 2.05) is 31.2 Å². The Balaban J connectivity index is 2.73. The minimum Gasteiger partial charge on any atom is -0.494 e. The summed E-state index contributed by atoms with van der Waals surface area (Å²) >= 11 is 0. The van der Waals surface area contributed by atoms with E-state index < -0.39 is 5.97 Å². The molecule has 1 rings (SSSR count). The lowest BCUT2D eigenvalue weighted by molar-refractivity contribution is -0.142. The molecule has 116 valence electrons. The smallest absolute Gasteiger partial charge is 0.373 e. The second-order valence-electron chi connectivity index (χ2n) is 4.43. The highest BCUT2D eigenvalue weighted by Gasteiger charge is 2.11. The van der Waals surface area contributed by atoms with Crippen LogP contribution in [-0.2, 0) is 14.3 Å². The number of esters is 1. The number of carbonyl (C=O) groups is 1. The van der Waals surface area contributed by atoms with Crippen molar-refractivity contribution < 1.29 is 19.0 Å². The fourth-order valence-electron chi connectivity index (χ4n) is 1.66. The van der Waals surface area contributed by atoms with Crippen LogP contribution < -0.4 is 4.74 Å². The largest absolute Gasteiger partial charge is 0.494 e. The highest BCUT2D eigenvalue weighted by Crippen LogP contribution is 2.16. The number of carbonyl (C=O) groups excluding carboxylic acids is 1. The summed E-state index contributed by atoms with van der Waals surface area (Å²) in [6.07, 6.45) is 3.83. The Bertz CT molecular complexity index is 448. The molecule has 1 aromatic rings. The van der Waals surface area contributed by atoms with Crippen LogP contribution in [0.2, 0.25) is 0 Å². The van der Waals surface area contributed by atoms with Crippen LogP contribution in [0.4, 0.5) is 0 Å². The van der Waals surface area contributed by atoms with Crippen LogP contribution in [0.1, 0.15) is 39.2 Å². The number of unbranched alkanes of at least 4 members (excludes halogenated alkanes) is 1. The Hall–Kier alpha value is -1.97. The Kier molecular flexibility index (Phi) is 8.02. The summed E-state index contributed by atoms with van der Waals surface area (Å²) in [6.45, 7) is 7.19. The SMILES string of the molecule is CCCCOc1ccc(/C=C(\OCC)C(=O)OCC)cc1. The summed E-state index contributed by atoms with van der Waals surface area (Å²) in [7, 11) is 0. The van der Waals surface area contributed by atoms with Gasteiger partial charge in [-0.3, -0.25) is 0 Å². The molecule has 0 spiro atoms. The summed E-state index contributed by atoms with van der Waals surface area (Å²) in [5.41, 5.74) is 0.870. The zero-order chi connectivity index (χ0) is 15.5. The molecule has 0 atom stereocenters. The molecule has 0 amide bonds. The van der Waals surface area contributed by atoms with Gasteiger partial charge in [0.2, 0.25) is 5.76 Å². The fourth-order valence-corrected chi connectivity index (χ4v) is 1.66. The monoisotopic (exact) mass is 292 g/mol. The predicted octanol–water partition coefficient (Wildman–Crippen LogP) is 3.81. The highest BCUT2D eigenvalue weighted by atomic mass is 16.6. The summed E-state index contributed by atoms with van der Waals surface area (Å²) in [5.74, 6) is 0.608. The van der Waals surface area contributed by atoms with Crippen LogP contribution in [0.25, 0.3) is 6.08 Å². The van der Waals surface area contributed by atoms with E-state index >= 15 is 0 Å². The molecule has 0 aliphatic carbocycles. The first-order valence-electron chi connectivity index (χ1n) is 7.45. The Labute approximate surface area is 126 Å². The van der Waals surface area contributed by atoms with Gasteiger partial charge in [-0.15, -0.1) is 0 Å². The van der Waals surface area contributed by atoms with E-state index in [1.54, 1.807) is 13.0 Å². The average molecular weight is 292 g/mol. The molecule has 0 unspecified atom stereocenters. The maximum atomic E-state index is 11.7. The minimum atomic E-state index is -0.442. The molecule has 0 heterocycles. The van der Waals surface area contributed by atoms with Gasteiger partial charge in [0.15, 0.2) is 0 Å². The van der Waals surface area contributed by atoms with Gasteiger partial charge in [0.1, 0.15) is 5.75 Å². The lowest BCUT2D eigenvalue weighted by Gasteiger charge is -2.08. The minimum absolute atomic E-state index is 0.221. The molecule has 0 aromatic heterocycles. The molecule has 0 aliphatic rings. The standard InChI is InChI=1S/C17H24O4/c1-4-7-12-21-15-10-8-14(9-11-15)13-16(19-5-2)17(18)20-6-3/h8-11,13H,4-7,12H2,1-3H3/b16-13-. The van der Waals surface area contributed by atoms with Gasteiger partial charge in [0.25, 0.3) is 0 Å². The zero-order valence-corrected chi connectivity index (χ0v) is 13.1. The quantitative estimate of drug-likeness (QED) is 0.300. The van der Waals surface area contributed by atoms with Crippen molar-refractivity contribution in [2.75, 3.05) is 19.8 Å². The second kappa shape index (κ2) is 9.86. The summed E-state index contributed by atoms with van der Waals surface area (Å²) < 4.78 is 15.9. The van der Waals surface area contributed by atoms with Gasteiger partial charge >= 0.3 is 5.97 Å². The van der Waals surface area contributed by atoms with Crippen molar-refractivity contribution in [3.8, 4) is 5.75 Å². The highest BCUT2D eigenvalue weighted by molar-refractivity contribution is 5.91. The summed E-state index contributed by atoms with van der Waals surface area (Å²) in [6, 6.07) is 7.55. The van der Waals surface area contributed by atoms with Crippen LogP contribution in [0, 0.1) is 0 Å². The number of hydrogen-bond donors (Lipinski definition) is 0. The molecule has 0 fully saturated rings. The summed E-state index contributed by atoms with van der Waals surface area (Å²) in [5, 5.41) is 0. The van der Waals surface area contributed by atoms with Crippen molar-refractivity contribution in [2.24, 2.45) is 0 Å². The maximum Gasteiger partial charge on any atom is 0.373 e. The molecule has 4 heteroatoms. The molecule has 0 N–H and O–H groups in total. The zero-order valence-electron chi connectivity index (χ0n) is 13.1. The van der Waals surface area contributed by atoms with E-state index in [0.717, 1.165) is 30.8 Å². The average Bonchev–Trinajstić information content (AvgIpc) is 2.49. The van der Waals surface area contributed by atoms with Crippen LogP contribution in [0.5, 0.6) is 5.75 Å². The lowest BCUT2D eigenvalue weighted by Crippen LogP contribution is -2.10. The Morgan fingerprint density at radius 3 is 2.29 bits per heavy atom. The van der Waals surface area contributed by atoms with Gasteiger partial charge in [-0.1, -0.05) is 25.5 Å². The maximum absolute atomic E-state index is 11.7. The van der Waals surface area contributed by atoms with Gasteiger partial charge in [0.05, 0.1) is 19.8 Å². The first-order valence-corrected chi connectivity index (χ1v) is 7.45. The molecule has 0 saturated carbocycles. The summed E-state index contributed by atoms with van der Waals surface area (Å²) in [4.78, 5) is 11.7. The van der Waals surface area contributed by atoms with E-state index in [9.17, 15) is 4.79 Å². The molecular weight excluding hydrogens is 268 g/mol. The van der Waals surface area contributed by atoms with Crippen LogP contribution in [-0.4, -0.2) is 25.8 Å². The molecule has 0 saturated heterocycles. The molecular formula is C17H24O4. The Morgan fingerprint density at radius 1 is 1.05 bits per heavy atom. The molecule has 0 bridgehead atoms.